The van der Waals surface area contributed by atoms with Gasteiger partial charge in [-0.05, 0) is 101 Å². The number of benzene rings is 9. The lowest BCUT2D eigenvalue weighted by atomic mass is 9.84. The van der Waals surface area contributed by atoms with Crippen LogP contribution in [0.4, 0.5) is 0 Å². The van der Waals surface area contributed by atoms with E-state index in [9.17, 15) is 0 Å². The third kappa shape index (κ3) is 3.90. The molecule has 2 nitrogen and oxygen atoms in total. The number of hydrogen-bond acceptors (Lipinski definition) is 2. The quantitative estimate of drug-likeness (QED) is 0.180. The highest BCUT2D eigenvalue weighted by Gasteiger charge is 2.19. The van der Waals surface area contributed by atoms with Crippen LogP contribution in [0, 0.1) is 0 Å². The summed E-state index contributed by atoms with van der Waals surface area (Å²) in [6.07, 6.45) is 1.76. The van der Waals surface area contributed by atoms with Crippen molar-refractivity contribution in [2.45, 2.75) is 0 Å². The van der Waals surface area contributed by atoms with Crippen LogP contribution in [-0.4, -0.2) is 0 Å². The first-order valence-corrected chi connectivity index (χ1v) is 17.1. The summed E-state index contributed by atoms with van der Waals surface area (Å²) in [4.78, 5) is 0. The van der Waals surface area contributed by atoms with Crippen LogP contribution in [0.15, 0.2) is 179 Å². The Labute approximate surface area is 287 Å². The smallest absolute Gasteiger partial charge is 0.143 e. The van der Waals surface area contributed by atoms with Crippen molar-refractivity contribution in [2.24, 2.45) is 0 Å². The Balaban J connectivity index is 1.16. The van der Waals surface area contributed by atoms with Crippen molar-refractivity contribution in [2.75, 3.05) is 0 Å². The maximum absolute atomic E-state index is 6.46. The standard InChI is InChI=1S/C48H28O2/c1-2-10-34-29(9-1)21-23-42-43-27-31(22-24-44(43)50-48(34)42)33-15-7-17-36-35(33)16-8-18-37(36)47-40-13-5-3-11-38(40)46(39-12-4-6-14-41(39)47)32-20-19-30-25-26-49-45(30)28-32/h1-28H. The summed E-state index contributed by atoms with van der Waals surface area (Å²) < 4.78 is 12.3. The zero-order valence-corrected chi connectivity index (χ0v) is 27.0. The molecule has 0 aliphatic heterocycles. The van der Waals surface area contributed by atoms with Gasteiger partial charge in [-0.1, -0.05) is 133 Å². The van der Waals surface area contributed by atoms with Crippen LogP contribution in [0.25, 0.3) is 109 Å². The molecular formula is C48H28O2. The molecule has 11 rings (SSSR count). The molecule has 0 bridgehead atoms. The summed E-state index contributed by atoms with van der Waals surface area (Å²) in [6, 6.07) is 59.2. The highest BCUT2D eigenvalue weighted by molar-refractivity contribution is 6.24. The summed E-state index contributed by atoms with van der Waals surface area (Å²) in [5.41, 5.74) is 10.0. The SMILES string of the molecule is c1ccc2c(c1)ccc1c3cc(-c4cccc5c(-c6c7ccccc7c(-c7ccc8ccoc8c7)c7ccccc67)cccc45)ccc3oc21. The molecule has 232 valence electrons. The Morgan fingerprint density at radius 1 is 0.320 bits per heavy atom. The van der Waals surface area contributed by atoms with E-state index in [1.54, 1.807) is 6.26 Å². The minimum absolute atomic E-state index is 0.899. The fraction of sp³-hybridized carbons (Fsp3) is 0. The first-order valence-electron chi connectivity index (χ1n) is 17.1. The minimum Gasteiger partial charge on any atom is -0.464 e. The molecule has 0 atom stereocenters. The van der Waals surface area contributed by atoms with E-state index in [0.717, 1.165) is 43.9 Å². The average molecular weight is 637 g/mol. The second kappa shape index (κ2) is 10.4. The molecule has 0 aliphatic rings. The maximum atomic E-state index is 6.46. The zero-order chi connectivity index (χ0) is 32.8. The van der Waals surface area contributed by atoms with Gasteiger partial charge >= 0.3 is 0 Å². The van der Waals surface area contributed by atoms with Crippen LogP contribution in [0.2, 0.25) is 0 Å². The molecule has 0 N–H and O–H groups in total. The molecule has 0 saturated heterocycles. The van der Waals surface area contributed by atoms with Crippen molar-refractivity contribution in [1.82, 2.24) is 0 Å². The molecule has 0 spiro atoms. The lowest BCUT2D eigenvalue weighted by Crippen LogP contribution is -1.92. The van der Waals surface area contributed by atoms with E-state index >= 15 is 0 Å². The molecule has 2 heterocycles. The molecule has 0 saturated carbocycles. The topological polar surface area (TPSA) is 26.3 Å². The summed E-state index contributed by atoms with van der Waals surface area (Å²) in [5.74, 6) is 0. The van der Waals surface area contributed by atoms with E-state index in [2.05, 4.69) is 158 Å². The van der Waals surface area contributed by atoms with Crippen molar-refractivity contribution < 1.29 is 8.83 Å². The zero-order valence-electron chi connectivity index (χ0n) is 27.0. The summed E-state index contributed by atoms with van der Waals surface area (Å²) in [7, 11) is 0. The summed E-state index contributed by atoms with van der Waals surface area (Å²) in [5, 5.41) is 13.1. The largest absolute Gasteiger partial charge is 0.464 e. The van der Waals surface area contributed by atoms with Gasteiger partial charge in [0.1, 0.15) is 16.7 Å². The number of furan rings is 2. The van der Waals surface area contributed by atoms with Crippen molar-refractivity contribution in [3.05, 3.63) is 170 Å². The van der Waals surface area contributed by atoms with Gasteiger partial charge < -0.3 is 8.83 Å². The molecule has 0 fully saturated rings. The first kappa shape index (κ1) is 27.3. The highest BCUT2D eigenvalue weighted by Crippen LogP contribution is 2.47. The molecule has 0 aliphatic carbocycles. The predicted octanol–water partition coefficient (Wildman–Crippen LogP) is 13.9. The van der Waals surface area contributed by atoms with Crippen LogP contribution < -0.4 is 0 Å². The van der Waals surface area contributed by atoms with Gasteiger partial charge in [-0.25, -0.2) is 0 Å². The van der Waals surface area contributed by atoms with E-state index in [-0.39, 0.29) is 0 Å². The van der Waals surface area contributed by atoms with E-state index < -0.39 is 0 Å². The van der Waals surface area contributed by atoms with Gasteiger partial charge in [0.25, 0.3) is 0 Å². The molecule has 11 aromatic rings. The second-order valence-electron chi connectivity index (χ2n) is 13.2. The molecule has 0 amide bonds. The van der Waals surface area contributed by atoms with Gasteiger partial charge in [0, 0.05) is 21.5 Å². The molecule has 0 unspecified atom stereocenters. The molecule has 9 aromatic carbocycles. The summed E-state index contributed by atoms with van der Waals surface area (Å²) >= 11 is 0. The lowest BCUT2D eigenvalue weighted by molar-refractivity contribution is 0.616. The van der Waals surface area contributed by atoms with Gasteiger partial charge in [0.15, 0.2) is 0 Å². The number of hydrogen-bond donors (Lipinski definition) is 0. The average Bonchev–Trinajstić information content (AvgIpc) is 3.81. The van der Waals surface area contributed by atoms with Crippen molar-refractivity contribution in [3.8, 4) is 33.4 Å². The maximum Gasteiger partial charge on any atom is 0.143 e. The Morgan fingerprint density at radius 2 is 0.940 bits per heavy atom. The van der Waals surface area contributed by atoms with Crippen LogP contribution in [-0.2, 0) is 0 Å². The fourth-order valence-corrected chi connectivity index (χ4v) is 8.29. The third-order valence-corrected chi connectivity index (χ3v) is 10.5. The Kier molecular flexibility index (Phi) is 5.70. The van der Waals surface area contributed by atoms with Gasteiger partial charge in [0.2, 0.25) is 0 Å². The second-order valence-corrected chi connectivity index (χ2v) is 13.2. The normalized spacial score (nSPS) is 12.0. The fourth-order valence-electron chi connectivity index (χ4n) is 8.29. The lowest BCUT2D eigenvalue weighted by Gasteiger charge is -2.19. The van der Waals surface area contributed by atoms with Gasteiger partial charge in [-0.15, -0.1) is 0 Å². The third-order valence-electron chi connectivity index (χ3n) is 10.5. The highest BCUT2D eigenvalue weighted by atomic mass is 16.3. The molecule has 2 aromatic heterocycles. The van der Waals surface area contributed by atoms with Crippen molar-refractivity contribution in [3.63, 3.8) is 0 Å². The monoisotopic (exact) mass is 636 g/mol. The van der Waals surface area contributed by atoms with Gasteiger partial charge in [-0.3, -0.25) is 0 Å². The molecular weight excluding hydrogens is 609 g/mol. The molecule has 50 heavy (non-hydrogen) atoms. The van der Waals surface area contributed by atoms with Crippen LogP contribution in [0.5, 0.6) is 0 Å². The Bertz CT molecular complexity index is 3100. The van der Waals surface area contributed by atoms with Crippen LogP contribution in [0.3, 0.4) is 0 Å². The van der Waals surface area contributed by atoms with Crippen molar-refractivity contribution in [1.29, 1.82) is 0 Å². The van der Waals surface area contributed by atoms with E-state index in [0.29, 0.717) is 0 Å². The molecule has 0 radical (unpaired) electrons. The van der Waals surface area contributed by atoms with Crippen molar-refractivity contribution >= 4 is 76.0 Å². The van der Waals surface area contributed by atoms with Gasteiger partial charge in [0.05, 0.1) is 6.26 Å². The molecule has 2 heteroatoms. The predicted molar refractivity (Wildman–Crippen MR) is 210 cm³/mol. The first-order chi connectivity index (χ1) is 24.8. The van der Waals surface area contributed by atoms with E-state index in [1.165, 1.54) is 65.5 Å². The van der Waals surface area contributed by atoms with E-state index in [4.69, 9.17) is 8.83 Å². The van der Waals surface area contributed by atoms with Crippen LogP contribution >= 0.6 is 0 Å². The minimum atomic E-state index is 0.899. The Hall–Kier alpha value is -6.64. The summed E-state index contributed by atoms with van der Waals surface area (Å²) in [6.45, 7) is 0. The van der Waals surface area contributed by atoms with Crippen LogP contribution in [0.1, 0.15) is 0 Å². The number of fused-ring (bicyclic) bond motifs is 9. The van der Waals surface area contributed by atoms with Gasteiger partial charge in [-0.2, -0.15) is 0 Å². The number of rotatable bonds is 3. The Morgan fingerprint density at radius 3 is 1.72 bits per heavy atom. The van der Waals surface area contributed by atoms with E-state index in [1.807, 2.05) is 6.07 Å².